The van der Waals surface area contributed by atoms with Crippen molar-refractivity contribution in [1.82, 2.24) is 15.4 Å². The largest absolute Gasteiger partial charge is 0.308 e. The molecule has 4 heteroatoms. The number of nitrogens with zero attached hydrogens (tertiary/aromatic N) is 2. The van der Waals surface area contributed by atoms with Crippen LogP contribution in [0.25, 0.3) is 11.0 Å². The van der Waals surface area contributed by atoms with E-state index in [1.165, 1.54) is 6.21 Å². The van der Waals surface area contributed by atoms with Gasteiger partial charge in [-0.25, -0.2) is 0 Å². The quantitative estimate of drug-likeness (QED) is 0.588. The maximum atomic E-state index is 7.06. The van der Waals surface area contributed by atoms with Crippen molar-refractivity contribution in [1.29, 1.82) is 5.41 Å². The number of benzene rings is 1. The lowest BCUT2D eigenvalue weighted by molar-refractivity contribution is 0.959. The topological polar surface area (TPSA) is 65.4 Å². The predicted octanol–water partition coefficient (Wildman–Crippen LogP) is 0.956. The molecule has 1 heterocycles. The second kappa shape index (κ2) is 2.16. The van der Waals surface area contributed by atoms with Gasteiger partial charge in [-0.1, -0.05) is 12.1 Å². The molecule has 0 aliphatic rings. The van der Waals surface area contributed by atoms with E-state index in [4.69, 9.17) is 5.41 Å². The number of rotatable bonds is 1. The molecule has 0 amide bonds. The maximum absolute atomic E-state index is 7.06. The zero-order valence-corrected chi connectivity index (χ0v) is 5.70. The number of para-hydroxylation sites is 1. The van der Waals surface area contributed by atoms with Crippen molar-refractivity contribution >= 4 is 17.2 Å². The molecule has 0 unspecified atom stereocenters. The molecular weight excluding hydrogens is 140 g/mol. The summed E-state index contributed by atoms with van der Waals surface area (Å²) in [7, 11) is 0. The zero-order chi connectivity index (χ0) is 7.68. The van der Waals surface area contributed by atoms with E-state index >= 15 is 0 Å². The van der Waals surface area contributed by atoms with Crippen molar-refractivity contribution in [3.05, 3.63) is 23.8 Å². The van der Waals surface area contributed by atoms with Crippen LogP contribution >= 0.6 is 0 Å². The van der Waals surface area contributed by atoms with Crippen molar-refractivity contribution in [3.63, 3.8) is 0 Å². The van der Waals surface area contributed by atoms with Gasteiger partial charge in [-0.3, -0.25) is 0 Å². The third-order valence-electron chi connectivity index (χ3n) is 1.53. The summed E-state index contributed by atoms with van der Waals surface area (Å²) in [6.45, 7) is 0. The second-order valence-electron chi connectivity index (χ2n) is 2.18. The van der Waals surface area contributed by atoms with Crippen molar-refractivity contribution in [3.8, 4) is 0 Å². The molecule has 0 spiro atoms. The van der Waals surface area contributed by atoms with E-state index in [2.05, 4.69) is 15.4 Å². The Hall–Kier alpha value is -1.71. The Morgan fingerprint density at radius 1 is 1.36 bits per heavy atom. The van der Waals surface area contributed by atoms with Gasteiger partial charge in [-0.05, 0) is 6.07 Å². The fourth-order valence-corrected chi connectivity index (χ4v) is 1.01. The molecule has 0 aliphatic carbocycles. The van der Waals surface area contributed by atoms with Crippen molar-refractivity contribution in [2.45, 2.75) is 0 Å². The van der Waals surface area contributed by atoms with Gasteiger partial charge in [0.2, 0.25) is 0 Å². The molecule has 1 aromatic carbocycles. The first-order chi connectivity index (χ1) is 5.42. The number of nitrogens with one attached hydrogen (secondary N) is 2. The van der Waals surface area contributed by atoms with Gasteiger partial charge in [0.1, 0.15) is 11.0 Å². The monoisotopic (exact) mass is 146 g/mol. The zero-order valence-electron chi connectivity index (χ0n) is 5.70. The number of aromatic nitrogens is 3. The molecule has 2 N–H and O–H groups in total. The Morgan fingerprint density at radius 3 is 3.09 bits per heavy atom. The average Bonchev–Trinajstić information content (AvgIpc) is 2.50. The lowest BCUT2D eigenvalue weighted by atomic mass is 10.2. The molecule has 0 aliphatic heterocycles. The van der Waals surface area contributed by atoms with E-state index in [1.807, 2.05) is 18.2 Å². The molecule has 0 radical (unpaired) electrons. The van der Waals surface area contributed by atoms with Crippen molar-refractivity contribution in [2.75, 3.05) is 0 Å². The van der Waals surface area contributed by atoms with E-state index in [-0.39, 0.29) is 0 Å². The predicted molar refractivity (Wildman–Crippen MR) is 41.8 cm³/mol. The van der Waals surface area contributed by atoms with Crippen LogP contribution in [0.2, 0.25) is 0 Å². The highest BCUT2D eigenvalue weighted by Gasteiger charge is 1.99. The molecule has 4 nitrogen and oxygen atoms in total. The summed E-state index contributed by atoms with van der Waals surface area (Å²) in [4.78, 5) is 0. The van der Waals surface area contributed by atoms with Crippen LogP contribution in [0.1, 0.15) is 5.56 Å². The average molecular weight is 146 g/mol. The first-order valence-electron chi connectivity index (χ1n) is 3.22. The van der Waals surface area contributed by atoms with E-state index < -0.39 is 0 Å². The Morgan fingerprint density at radius 2 is 2.27 bits per heavy atom. The Balaban J connectivity index is 2.88. The first-order valence-corrected chi connectivity index (χ1v) is 3.22. The molecule has 0 saturated heterocycles. The number of hydrogen-bond donors (Lipinski definition) is 2. The van der Waals surface area contributed by atoms with Gasteiger partial charge in [0.05, 0.1) is 0 Å². The highest BCUT2D eigenvalue weighted by atomic mass is 15.3. The molecule has 11 heavy (non-hydrogen) atoms. The molecule has 0 atom stereocenters. The van der Waals surface area contributed by atoms with Crippen LogP contribution in [0.15, 0.2) is 18.2 Å². The maximum Gasteiger partial charge on any atom is 0.121 e. The van der Waals surface area contributed by atoms with Crippen LogP contribution < -0.4 is 0 Å². The minimum Gasteiger partial charge on any atom is -0.308 e. The SMILES string of the molecule is N=Cc1cccc2n[nH]nc12. The number of H-pyrrole nitrogens is 1. The van der Waals surface area contributed by atoms with Gasteiger partial charge >= 0.3 is 0 Å². The van der Waals surface area contributed by atoms with Crippen LogP contribution in [0, 0.1) is 5.41 Å². The van der Waals surface area contributed by atoms with Gasteiger partial charge in [0, 0.05) is 11.8 Å². The summed E-state index contributed by atoms with van der Waals surface area (Å²) in [5.74, 6) is 0. The molecule has 1 aromatic heterocycles. The summed E-state index contributed by atoms with van der Waals surface area (Å²) in [5.41, 5.74) is 2.34. The minimum atomic E-state index is 0.752. The van der Waals surface area contributed by atoms with Gasteiger partial charge < -0.3 is 5.41 Å². The fourth-order valence-electron chi connectivity index (χ4n) is 1.01. The fraction of sp³-hybridized carbons (Fsp3) is 0. The van der Waals surface area contributed by atoms with Crippen LogP contribution in [-0.4, -0.2) is 21.6 Å². The van der Waals surface area contributed by atoms with Crippen LogP contribution in [0.5, 0.6) is 0 Å². The molecule has 0 saturated carbocycles. The standard InChI is InChI=1S/C7H6N4/c8-4-5-2-1-3-6-7(5)10-11-9-6/h1-4,8H,(H,9,10,11). The molecular formula is C7H6N4. The lowest BCUT2D eigenvalue weighted by Crippen LogP contribution is -1.80. The summed E-state index contributed by atoms with van der Waals surface area (Å²) in [5, 5.41) is 17.4. The molecule has 2 aromatic rings. The summed E-state index contributed by atoms with van der Waals surface area (Å²) >= 11 is 0. The summed E-state index contributed by atoms with van der Waals surface area (Å²) < 4.78 is 0. The lowest BCUT2D eigenvalue weighted by Gasteiger charge is -1.89. The smallest absolute Gasteiger partial charge is 0.121 e. The first kappa shape index (κ1) is 6.03. The van der Waals surface area contributed by atoms with Crippen LogP contribution in [-0.2, 0) is 0 Å². The Bertz CT molecular complexity index is 390. The van der Waals surface area contributed by atoms with Gasteiger partial charge in [-0.15, -0.1) is 0 Å². The van der Waals surface area contributed by atoms with Gasteiger partial charge in [-0.2, -0.15) is 15.4 Å². The number of hydrogen-bond acceptors (Lipinski definition) is 3. The third-order valence-corrected chi connectivity index (χ3v) is 1.53. The van der Waals surface area contributed by atoms with Crippen LogP contribution in [0.4, 0.5) is 0 Å². The highest BCUT2D eigenvalue weighted by Crippen LogP contribution is 2.10. The van der Waals surface area contributed by atoms with Crippen molar-refractivity contribution in [2.24, 2.45) is 0 Å². The summed E-state index contributed by atoms with van der Waals surface area (Å²) in [6.07, 6.45) is 1.27. The second-order valence-corrected chi connectivity index (χ2v) is 2.18. The van der Waals surface area contributed by atoms with Crippen LogP contribution in [0.3, 0.4) is 0 Å². The number of aromatic amines is 1. The van der Waals surface area contributed by atoms with Gasteiger partial charge in [0.25, 0.3) is 0 Å². The molecule has 0 bridgehead atoms. The molecule has 0 fully saturated rings. The minimum absolute atomic E-state index is 0.752. The van der Waals surface area contributed by atoms with Crippen molar-refractivity contribution < 1.29 is 0 Å². The molecule has 54 valence electrons. The highest BCUT2D eigenvalue weighted by molar-refractivity contribution is 5.94. The van der Waals surface area contributed by atoms with E-state index in [0.717, 1.165) is 16.6 Å². The van der Waals surface area contributed by atoms with E-state index in [1.54, 1.807) is 0 Å². The van der Waals surface area contributed by atoms with E-state index in [9.17, 15) is 0 Å². The summed E-state index contributed by atoms with van der Waals surface area (Å²) in [6, 6.07) is 5.54. The number of fused-ring (bicyclic) bond motifs is 1. The Labute approximate surface area is 62.7 Å². The van der Waals surface area contributed by atoms with E-state index in [0.29, 0.717) is 0 Å². The Kier molecular flexibility index (Phi) is 1.18. The normalized spacial score (nSPS) is 10.2. The third kappa shape index (κ3) is 0.797. The van der Waals surface area contributed by atoms with Gasteiger partial charge in [0.15, 0.2) is 0 Å². The molecule has 2 rings (SSSR count).